The highest BCUT2D eigenvalue weighted by atomic mass is 16.2. The Morgan fingerprint density at radius 2 is 2.05 bits per heavy atom. The van der Waals surface area contributed by atoms with E-state index >= 15 is 0 Å². The number of pyridine rings is 1. The quantitative estimate of drug-likeness (QED) is 0.878. The van der Waals surface area contributed by atoms with E-state index in [1.54, 1.807) is 31.0 Å². The third-order valence-electron chi connectivity index (χ3n) is 3.53. The average molecular weight is 287 g/mol. The van der Waals surface area contributed by atoms with E-state index in [-0.39, 0.29) is 5.91 Å². The summed E-state index contributed by atoms with van der Waals surface area (Å²) >= 11 is 0. The first kappa shape index (κ1) is 15.0. The predicted octanol–water partition coefficient (Wildman–Crippen LogP) is 1.79. The third kappa shape index (κ3) is 3.39. The van der Waals surface area contributed by atoms with Crippen LogP contribution < -0.4 is 5.73 Å². The fourth-order valence-electron chi connectivity index (χ4n) is 2.29. The highest BCUT2D eigenvalue weighted by Crippen LogP contribution is 2.24. The highest BCUT2D eigenvalue weighted by Gasteiger charge is 2.12. The monoisotopic (exact) mass is 287 g/mol. The van der Waals surface area contributed by atoms with Crippen LogP contribution in [0.15, 0.2) is 31.0 Å². The van der Waals surface area contributed by atoms with Gasteiger partial charge in [-0.05, 0) is 19.9 Å². The summed E-state index contributed by atoms with van der Waals surface area (Å²) in [6, 6.07) is 1.76. The van der Waals surface area contributed by atoms with E-state index in [1.807, 2.05) is 23.3 Å². The number of anilines is 1. The van der Waals surface area contributed by atoms with E-state index in [1.165, 1.54) is 0 Å². The number of hydrogen-bond donors (Lipinski definition) is 1. The van der Waals surface area contributed by atoms with Gasteiger partial charge in [-0.15, -0.1) is 0 Å². The lowest BCUT2D eigenvalue weighted by Gasteiger charge is -2.19. The molecule has 0 fully saturated rings. The van der Waals surface area contributed by atoms with Crippen LogP contribution in [0, 0.1) is 0 Å². The van der Waals surface area contributed by atoms with Crippen LogP contribution in [0.5, 0.6) is 0 Å². The molecular formula is C15H21N5O. The largest absolute Gasteiger partial charge is 0.398 e. The normalized spacial score (nSPS) is 10.6. The Balaban J connectivity index is 2.12. The van der Waals surface area contributed by atoms with E-state index in [0.29, 0.717) is 18.7 Å². The molecule has 112 valence electrons. The number of aromatic nitrogens is 3. The summed E-state index contributed by atoms with van der Waals surface area (Å²) in [5, 5.41) is 0. The Morgan fingerprint density at radius 3 is 2.71 bits per heavy atom. The number of carbonyl (C=O) groups is 1. The number of nitrogens with zero attached hydrogens (tertiary/aromatic N) is 4. The molecule has 6 nitrogen and oxygen atoms in total. The maximum Gasteiger partial charge on any atom is 0.224 e. The van der Waals surface area contributed by atoms with Crippen molar-refractivity contribution in [2.24, 2.45) is 0 Å². The Bertz CT molecular complexity index is 604. The van der Waals surface area contributed by atoms with Crippen molar-refractivity contribution in [3.63, 3.8) is 0 Å². The molecule has 2 N–H and O–H groups in total. The van der Waals surface area contributed by atoms with Crippen molar-refractivity contribution in [1.29, 1.82) is 0 Å². The molecule has 1 amide bonds. The molecule has 2 aromatic heterocycles. The molecule has 0 aliphatic rings. The summed E-state index contributed by atoms with van der Waals surface area (Å²) in [6.45, 7) is 6.03. The molecule has 0 spiro atoms. The average Bonchev–Trinajstić information content (AvgIpc) is 2.95. The van der Waals surface area contributed by atoms with Crippen molar-refractivity contribution in [1.82, 2.24) is 19.4 Å². The van der Waals surface area contributed by atoms with Gasteiger partial charge in [0.25, 0.3) is 0 Å². The first-order valence-electron chi connectivity index (χ1n) is 7.15. The van der Waals surface area contributed by atoms with Crippen molar-refractivity contribution in [2.75, 3.05) is 18.8 Å². The summed E-state index contributed by atoms with van der Waals surface area (Å²) in [4.78, 5) is 22.2. The van der Waals surface area contributed by atoms with Crippen LogP contribution in [0.25, 0.3) is 11.3 Å². The van der Waals surface area contributed by atoms with E-state index in [0.717, 1.165) is 24.3 Å². The Kier molecular flexibility index (Phi) is 4.92. The smallest absolute Gasteiger partial charge is 0.224 e. The molecule has 0 unspecified atom stereocenters. The van der Waals surface area contributed by atoms with Gasteiger partial charge >= 0.3 is 0 Å². The number of rotatable bonds is 6. The van der Waals surface area contributed by atoms with E-state index in [9.17, 15) is 4.79 Å². The van der Waals surface area contributed by atoms with E-state index in [2.05, 4.69) is 9.97 Å². The minimum Gasteiger partial charge on any atom is -0.398 e. The van der Waals surface area contributed by atoms with Gasteiger partial charge in [0.2, 0.25) is 5.91 Å². The molecule has 0 aliphatic carbocycles. The number of aryl methyl sites for hydroxylation is 1. The van der Waals surface area contributed by atoms with Crippen molar-refractivity contribution < 1.29 is 4.79 Å². The third-order valence-corrected chi connectivity index (χ3v) is 3.53. The Hall–Kier alpha value is -2.37. The first-order chi connectivity index (χ1) is 10.2. The van der Waals surface area contributed by atoms with Crippen molar-refractivity contribution >= 4 is 11.6 Å². The van der Waals surface area contributed by atoms with Gasteiger partial charge < -0.3 is 15.2 Å². The SMILES string of the molecule is CCN(CC)C(=O)CCn1cncc1-c1cnccc1N. The van der Waals surface area contributed by atoms with Crippen molar-refractivity contribution in [2.45, 2.75) is 26.8 Å². The molecule has 21 heavy (non-hydrogen) atoms. The summed E-state index contributed by atoms with van der Waals surface area (Å²) < 4.78 is 1.94. The number of nitrogens with two attached hydrogens (primary N) is 1. The van der Waals surface area contributed by atoms with Crippen LogP contribution in [0.4, 0.5) is 5.69 Å². The van der Waals surface area contributed by atoms with Crippen LogP contribution in [-0.2, 0) is 11.3 Å². The number of nitrogen functional groups attached to an aromatic ring is 1. The predicted molar refractivity (Wildman–Crippen MR) is 82.4 cm³/mol. The van der Waals surface area contributed by atoms with Gasteiger partial charge in [0.1, 0.15) is 0 Å². The van der Waals surface area contributed by atoms with Crippen LogP contribution in [-0.4, -0.2) is 38.4 Å². The maximum absolute atomic E-state index is 12.1. The van der Waals surface area contributed by atoms with Gasteiger partial charge in [-0.1, -0.05) is 0 Å². The van der Waals surface area contributed by atoms with Crippen molar-refractivity contribution in [3.8, 4) is 11.3 Å². The molecule has 0 bridgehead atoms. The molecule has 0 radical (unpaired) electrons. The fourth-order valence-corrected chi connectivity index (χ4v) is 2.29. The first-order valence-corrected chi connectivity index (χ1v) is 7.15. The summed E-state index contributed by atoms with van der Waals surface area (Å²) in [7, 11) is 0. The van der Waals surface area contributed by atoms with Crippen LogP contribution in [0.2, 0.25) is 0 Å². The van der Waals surface area contributed by atoms with Gasteiger partial charge in [-0.25, -0.2) is 4.98 Å². The lowest BCUT2D eigenvalue weighted by molar-refractivity contribution is -0.131. The van der Waals surface area contributed by atoms with Gasteiger partial charge in [-0.2, -0.15) is 0 Å². The molecule has 2 aromatic rings. The zero-order valence-corrected chi connectivity index (χ0v) is 12.5. The maximum atomic E-state index is 12.1. The highest BCUT2D eigenvalue weighted by molar-refractivity contribution is 5.76. The van der Waals surface area contributed by atoms with Crippen LogP contribution in [0.3, 0.4) is 0 Å². The van der Waals surface area contributed by atoms with Crippen LogP contribution in [0.1, 0.15) is 20.3 Å². The zero-order valence-electron chi connectivity index (χ0n) is 12.5. The summed E-state index contributed by atoms with van der Waals surface area (Å²) in [6.07, 6.45) is 7.29. The number of imidazole rings is 1. The lowest BCUT2D eigenvalue weighted by Crippen LogP contribution is -2.31. The second-order valence-electron chi connectivity index (χ2n) is 4.75. The molecule has 0 atom stereocenters. The van der Waals surface area contributed by atoms with Gasteiger partial charge in [0.05, 0.1) is 18.2 Å². The molecule has 2 heterocycles. The molecule has 6 heteroatoms. The second-order valence-corrected chi connectivity index (χ2v) is 4.75. The Morgan fingerprint density at radius 1 is 1.29 bits per heavy atom. The minimum absolute atomic E-state index is 0.152. The molecule has 0 aliphatic heterocycles. The molecule has 2 rings (SSSR count). The summed E-state index contributed by atoms with van der Waals surface area (Å²) in [5.41, 5.74) is 8.35. The van der Waals surface area contributed by atoms with E-state index in [4.69, 9.17) is 5.73 Å². The van der Waals surface area contributed by atoms with Gasteiger partial charge in [0, 0.05) is 49.7 Å². The molecule has 0 aromatic carbocycles. The number of hydrogen-bond acceptors (Lipinski definition) is 4. The van der Waals surface area contributed by atoms with Gasteiger partial charge in [-0.3, -0.25) is 9.78 Å². The van der Waals surface area contributed by atoms with Crippen LogP contribution >= 0.6 is 0 Å². The fraction of sp³-hybridized carbons (Fsp3) is 0.400. The lowest BCUT2D eigenvalue weighted by atomic mass is 10.2. The molecular weight excluding hydrogens is 266 g/mol. The Labute approximate surface area is 124 Å². The topological polar surface area (TPSA) is 77.0 Å². The standard InChI is InChI=1S/C15H21N5O/c1-3-19(4-2)15(21)6-8-20-11-18-10-14(20)12-9-17-7-5-13(12)16/h5,7,9-11H,3-4,6,8H2,1-2H3,(H2,16,17). The van der Waals surface area contributed by atoms with E-state index < -0.39 is 0 Å². The number of carbonyl (C=O) groups excluding carboxylic acids is 1. The minimum atomic E-state index is 0.152. The van der Waals surface area contributed by atoms with Gasteiger partial charge in [0.15, 0.2) is 0 Å². The zero-order chi connectivity index (χ0) is 15.2. The molecule has 0 saturated heterocycles. The van der Waals surface area contributed by atoms with Crippen molar-refractivity contribution in [3.05, 3.63) is 31.0 Å². The second kappa shape index (κ2) is 6.88. The number of amides is 1. The summed E-state index contributed by atoms with van der Waals surface area (Å²) in [5.74, 6) is 0.152. The molecule has 0 saturated carbocycles.